The molecule has 13 heteroatoms. The van der Waals surface area contributed by atoms with Crippen LogP contribution in [0.4, 0.5) is 10.5 Å². The van der Waals surface area contributed by atoms with Gasteiger partial charge in [0.15, 0.2) is 0 Å². The van der Waals surface area contributed by atoms with Crippen molar-refractivity contribution < 1.29 is 27.6 Å². The zero-order valence-electron chi connectivity index (χ0n) is 18.0. The Kier molecular flexibility index (Phi) is 6.58. The van der Waals surface area contributed by atoms with Gasteiger partial charge in [0.2, 0.25) is 5.75 Å². The van der Waals surface area contributed by atoms with Crippen LogP contribution in [0, 0.1) is 10.1 Å². The van der Waals surface area contributed by atoms with Crippen LogP contribution in [-0.2, 0) is 21.4 Å². The Labute approximate surface area is 204 Å². The fourth-order valence-electron chi connectivity index (χ4n) is 3.30. The molecule has 0 unspecified atom stereocenters. The maximum atomic E-state index is 13.4. The van der Waals surface area contributed by atoms with Gasteiger partial charge in [-0.25, -0.2) is 17.2 Å². The van der Waals surface area contributed by atoms with Crippen molar-refractivity contribution in [3.05, 3.63) is 87.8 Å². The van der Waals surface area contributed by atoms with E-state index in [-0.39, 0.29) is 39.2 Å². The fourth-order valence-corrected chi connectivity index (χ4v) is 4.81. The molecule has 1 amide bonds. The number of nitrogens with zero attached hydrogens (tertiary/aromatic N) is 3. The molecular formula is C22H17ClN4O7S. The van der Waals surface area contributed by atoms with Crippen LogP contribution in [0.15, 0.2) is 72.0 Å². The van der Waals surface area contributed by atoms with Crippen molar-refractivity contribution in [1.29, 1.82) is 0 Å². The van der Waals surface area contributed by atoms with Gasteiger partial charge >= 0.3 is 11.8 Å². The Bertz CT molecular complexity index is 1540. The zero-order valence-corrected chi connectivity index (χ0v) is 19.6. The van der Waals surface area contributed by atoms with Crippen LogP contribution in [0.25, 0.3) is 10.9 Å². The predicted octanol–water partition coefficient (Wildman–Crippen LogP) is 4.48. The summed E-state index contributed by atoms with van der Waals surface area (Å²) in [5.74, 6) is 0.0145. The molecule has 0 bridgehead atoms. The molecule has 4 aromatic rings. The monoisotopic (exact) mass is 516 g/mol. The summed E-state index contributed by atoms with van der Waals surface area (Å²) in [6.07, 6.45) is 3.30. The Hall–Kier alpha value is -4.16. The molecule has 0 spiro atoms. The number of halogens is 1. The highest BCUT2D eigenvalue weighted by Gasteiger charge is 2.23. The van der Waals surface area contributed by atoms with E-state index in [2.05, 4.69) is 10.3 Å². The first-order valence-corrected chi connectivity index (χ1v) is 11.8. The summed E-state index contributed by atoms with van der Waals surface area (Å²) in [5, 5.41) is 14.4. The van der Waals surface area contributed by atoms with E-state index in [4.69, 9.17) is 21.1 Å². The van der Waals surface area contributed by atoms with Gasteiger partial charge in [0.1, 0.15) is 17.3 Å². The lowest BCUT2D eigenvalue weighted by molar-refractivity contribution is -0.385. The topological polar surface area (TPSA) is 143 Å². The van der Waals surface area contributed by atoms with Crippen molar-refractivity contribution in [3.63, 3.8) is 0 Å². The number of alkyl carbamates (subject to hydrolysis) is 1. The second-order valence-corrected chi connectivity index (χ2v) is 9.37. The Morgan fingerprint density at radius 1 is 1.23 bits per heavy atom. The summed E-state index contributed by atoms with van der Waals surface area (Å²) in [4.78, 5) is 26.1. The Balaban J connectivity index is 1.84. The van der Waals surface area contributed by atoms with Crippen molar-refractivity contribution >= 4 is 44.3 Å². The van der Waals surface area contributed by atoms with E-state index in [1.165, 1.54) is 68.1 Å². The van der Waals surface area contributed by atoms with Crippen molar-refractivity contribution in [2.45, 2.75) is 11.5 Å². The highest BCUT2D eigenvalue weighted by molar-refractivity contribution is 7.90. The van der Waals surface area contributed by atoms with Gasteiger partial charge in [-0.2, -0.15) is 0 Å². The summed E-state index contributed by atoms with van der Waals surface area (Å²) in [6, 6.07) is 11.2. The molecule has 4 rings (SSSR count). The van der Waals surface area contributed by atoms with Crippen LogP contribution < -0.4 is 10.1 Å². The third-order valence-corrected chi connectivity index (χ3v) is 6.82. The molecule has 0 saturated carbocycles. The summed E-state index contributed by atoms with van der Waals surface area (Å²) in [7, 11) is -2.69. The first kappa shape index (κ1) is 24.0. The molecular weight excluding hydrogens is 500 g/mol. The van der Waals surface area contributed by atoms with E-state index in [0.29, 0.717) is 10.9 Å². The number of hydrogen-bond acceptors (Lipinski definition) is 8. The minimum Gasteiger partial charge on any atom is -0.450 e. The number of fused-ring (bicyclic) bond motifs is 1. The van der Waals surface area contributed by atoms with Gasteiger partial charge in [-0.05, 0) is 30.3 Å². The number of pyridine rings is 1. The molecule has 2 aromatic heterocycles. The number of ether oxygens (including phenoxy) is 2. The van der Waals surface area contributed by atoms with E-state index in [1.54, 1.807) is 6.07 Å². The second kappa shape index (κ2) is 9.60. The number of nitro groups is 1. The third-order valence-electron chi connectivity index (χ3n) is 4.93. The van der Waals surface area contributed by atoms with E-state index in [9.17, 15) is 23.3 Å². The lowest BCUT2D eigenvalue weighted by Gasteiger charge is -2.10. The minimum absolute atomic E-state index is 0.0625. The molecule has 0 fully saturated rings. The number of amides is 1. The highest BCUT2D eigenvalue weighted by Crippen LogP contribution is 2.36. The summed E-state index contributed by atoms with van der Waals surface area (Å²) >= 11 is 5.97. The first-order valence-electron chi connectivity index (χ1n) is 9.96. The van der Waals surface area contributed by atoms with Gasteiger partial charge < -0.3 is 14.8 Å². The van der Waals surface area contributed by atoms with Crippen molar-refractivity contribution in [3.8, 4) is 11.5 Å². The lowest BCUT2D eigenvalue weighted by Crippen LogP contribution is -2.18. The molecule has 0 radical (unpaired) electrons. The average molecular weight is 517 g/mol. The number of rotatable bonds is 7. The first-order chi connectivity index (χ1) is 16.7. The molecule has 0 aliphatic heterocycles. The second-order valence-electron chi connectivity index (χ2n) is 7.12. The van der Waals surface area contributed by atoms with Crippen LogP contribution in [-0.4, -0.2) is 35.4 Å². The molecule has 180 valence electrons. The van der Waals surface area contributed by atoms with Gasteiger partial charge in [0.25, 0.3) is 10.0 Å². The van der Waals surface area contributed by atoms with Gasteiger partial charge in [0.05, 0.1) is 10.4 Å². The Morgan fingerprint density at radius 3 is 2.71 bits per heavy atom. The number of benzene rings is 2. The zero-order chi connectivity index (χ0) is 25.2. The van der Waals surface area contributed by atoms with E-state index in [0.717, 1.165) is 3.97 Å². The number of carbonyl (C=O) groups is 1. The number of hydrogen-bond donors (Lipinski definition) is 1. The molecule has 2 heterocycles. The smallest absolute Gasteiger partial charge is 0.407 e. The molecule has 35 heavy (non-hydrogen) atoms. The molecule has 0 aliphatic rings. The summed E-state index contributed by atoms with van der Waals surface area (Å²) in [5.41, 5.74) is 0.301. The van der Waals surface area contributed by atoms with Crippen LogP contribution >= 0.6 is 11.6 Å². The van der Waals surface area contributed by atoms with E-state index in [1.807, 2.05) is 0 Å². The summed E-state index contributed by atoms with van der Waals surface area (Å²) in [6.45, 7) is -0.203. The van der Waals surface area contributed by atoms with Crippen molar-refractivity contribution in [2.24, 2.45) is 0 Å². The standard InChI is InChI=1S/C22H17ClN4O7S/c1-24-22(28)33-13-14-12-26(35(31,32)17-3-2-8-25-11-17)20-10-16(5-6-18(14)20)34-21-9-15(23)4-7-19(21)27(29)30/h2-12H,13H2,1H3,(H,24,28). The predicted molar refractivity (Wildman–Crippen MR) is 126 cm³/mol. The molecule has 11 nitrogen and oxygen atoms in total. The van der Waals surface area contributed by atoms with Crippen LogP contribution in [0.1, 0.15) is 5.56 Å². The fraction of sp³-hybridized carbons (Fsp3) is 0.0909. The van der Waals surface area contributed by atoms with Gasteiger partial charge in [0, 0.05) is 59.8 Å². The molecule has 1 N–H and O–H groups in total. The Morgan fingerprint density at radius 2 is 2.03 bits per heavy atom. The molecule has 2 aromatic carbocycles. The normalized spacial score (nSPS) is 11.3. The molecule has 0 saturated heterocycles. The molecule has 0 aliphatic carbocycles. The van der Waals surface area contributed by atoms with Crippen LogP contribution in [0.2, 0.25) is 5.02 Å². The largest absolute Gasteiger partial charge is 0.450 e. The van der Waals surface area contributed by atoms with Crippen molar-refractivity contribution in [2.75, 3.05) is 7.05 Å². The maximum Gasteiger partial charge on any atom is 0.407 e. The number of carbonyl (C=O) groups excluding carboxylic acids is 1. The van der Waals surface area contributed by atoms with Crippen molar-refractivity contribution in [1.82, 2.24) is 14.3 Å². The van der Waals surface area contributed by atoms with Gasteiger partial charge in [-0.1, -0.05) is 11.6 Å². The number of nitrogens with one attached hydrogen (secondary N) is 1. The third kappa shape index (κ3) is 4.88. The highest BCUT2D eigenvalue weighted by atomic mass is 35.5. The number of nitro benzene ring substituents is 1. The maximum absolute atomic E-state index is 13.4. The number of aromatic nitrogens is 2. The summed E-state index contributed by atoms with van der Waals surface area (Å²) < 4.78 is 38.6. The van der Waals surface area contributed by atoms with Gasteiger partial charge in [-0.15, -0.1) is 0 Å². The van der Waals surface area contributed by atoms with E-state index < -0.39 is 21.0 Å². The van der Waals surface area contributed by atoms with Crippen LogP contribution in [0.5, 0.6) is 11.5 Å². The van der Waals surface area contributed by atoms with Gasteiger partial charge in [-0.3, -0.25) is 15.1 Å². The minimum atomic E-state index is -4.09. The average Bonchev–Trinajstić information content (AvgIpc) is 3.21. The van der Waals surface area contributed by atoms with E-state index >= 15 is 0 Å². The van der Waals surface area contributed by atoms with Crippen LogP contribution in [0.3, 0.4) is 0 Å². The quantitative estimate of drug-likeness (QED) is 0.279. The molecule has 0 atom stereocenters. The SMILES string of the molecule is CNC(=O)OCc1cn(S(=O)(=O)c2cccnc2)c2cc(Oc3cc(Cl)ccc3[N+](=O)[O-])ccc12. The lowest BCUT2D eigenvalue weighted by atomic mass is 10.2.